The van der Waals surface area contributed by atoms with Gasteiger partial charge in [0, 0.05) is 5.69 Å². The molecule has 5 heteroatoms. The fraction of sp³-hybridized carbons (Fsp3) is 0.250. The maximum Gasteiger partial charge on any atom is 0.149 e. The molecular formula is C12H13F2N3. The largest absolute Gasteiger partial charge is 0.323 e. The highest BCUT2D eigenvalue weighted by molar-refractivity contribution is 5.92. The summed E-state index contributed by atoms with van der Waals surface area (Å²) in [5.41, 5.74) is 3.65. The van der Waals surface area contributed by atoms with Crippen LogP contribution in [0.3, 0.4) is 0 Å². The molecule has 0 aliphatic heterocycles. The fourth-order valence-electron chi connectivity index (χ4n) is 1.81. The fourth-order valence-corrected chi connectivity index (χ4v) is 1.81. The molecule has 0 aliphatic rings. The Kier molecular flexibility index (Phi) is 2.93. The molecular weight excluding hydrogens is 224 g/mol. The SMILES string of the molecule is CCc1cc(NN)c2c(F)c(C)cc(F)c2n1. The molecule has 0 fully saturated rings. The summed E-state index contributed by atoms with van der Waals surface area (Å²) in [5.74, 6) is 4.31. The van der Waals surface area contributed by atoms with E-state index in [0.717, 1.165) is 6.07 Å². The molecule has 0 amide bonds. The van der Waals surface area contributed by atoms with Gasteiger partial charge in [-0.15, -0.1) is 0 Å². The monoisotopic (exact) mass is 237 g/mol. The van der Waals surface area contributed by atoms with Crippen LogP contribution in [0.2, 0.25) is 0 Å². The second-order valence-electron chi connectivity index (χ2n) is 3.87. The molecule has 1 heterocycles. The van der Waals surface area contributed by atoms with Crippen molar-refractivity contribution in [3.63, 3.8) is 0 Å². The highest BCUT2D eigenvalue weighted by Crippen LogP contribution is 2.29. The Hall–Kier alpha value is -1.75. The number of anilines is 1. The summed E-state index contributed by atoms with van der Waals surface area (Å²) in [7, 11) is 0. The number of rotatable bonds is 2. The van der Waals surface area contributed by atoms with Crippen molar-refractivity contribution in [2.24, 2.45) is 5.84 Å². The number of hydrogen-bond acceptors (Lipinski definition) is 3. The van der Waals surface area contributed by atoms with Crippen molar-refractivity contribution in [1.82, 2.24) is 4.98 Å². The van der Waals surface area contributed by atoms with Crippen LogP contribution in [0, 0.1) is 18.6 Å². The van der Waals surface area contributed by atoms with Crippen molar-refractivity contribution in [3.05, 3.63) is 35.0 Å². The van der Waals surface area contributed by atoms with Gasteiger partial charge in [0.15, 0.2) is 0 Å². The lowest BCUT2D eigenvalue weighted by atomic mass is 10.1. The number of benzene rings is 1. The highest BCUT2D eigenvalue weighted by atomic mass is 19.1. The third-order valence-corrected chi connectivity index (χ3v) is 2.73. The van der Waals surface area contributed by atoms with E-state index in [2.05, 4.69) is 10.4 Å². The summed E-state index contributed by atoms with van der Waals surface area (Å²) >= 11 is 0. The van der Waals surface area contributed by atoms with Gasteiger partial charge in [0.1, 0.15) is 17.2 Å². The van der Waals surface area contributed by atoms with Gasteiger partial charge in [-0.3, -0.25) is 5.84 Å². The minimum Gasteiger partial charge on any atom is -0.323 e. The Morgan fingerprint density at radius 3 is 2.65 bits per heavy atom. The quantitative estimate of drug-likeness (QED) is 0.623. The molecule has 0 spiro atoms. The number of aryl methyl sites for hydroxylation is 2. The predicted octanol–water partition coefficient (Wildman–Crippen LogP) is 2.67. The Balaban J connectivity index is 2.93. The summed E-state index contributed by atoms with van der Waals surface area (Å²) in [5, 5.41) is 0.0993. The zero-order chi connectivity index (χ0) is 12.6. The van der Waals surface area contributed by atoms with Gasteiger partial charge in [-0.1, -0.05) is 6.92 Å². The Morgan fingerprint density at radius 1 is 1.35 bits per heavy atom. The maximum absolute atomic E-state index is 14.0. The number of nitrogens with two attached hydrogens (primary N) is 1. The van der Waals surface area contributed by atoms with Crippen LogP contribution in [-0.2, 0) is 6.42 Å². The van der Waals surface area contributed by atoms with Crippen LogP contribution in [0.4, 0.5) is 14.5 Å². The summed E-state index contributed by atoms with van der Waals surface area (Å²) < 4.78 is 27.7. The van der Waals surface area contributed by atoms with E-state index >= 15 is 0 Å². The zero-order valence-corrected chi connectivity index (χ0v) is 9.64. The van der Waals surface area contributed by atoms with Crippen LogP contribution in [0.1, 0.15) is 18.2 Å². The van der Waals surface area contributed by atoms with Crippen LogP contribution in [0.5, 0.6) is 0 Å². The van der Waals surface area contributed by atoms with E-state index in [-0.39, 0.29) is 16.5 Å². The number of aromatic nitrogens is 1. The second kappa shape index (κ2) is 4.25. The van der Waals surface area contributed by atoms with Gasteiger partial charge in [0.05, 0.1) is 11.1 Å². The number of pyridine rings is 1. The predicted molar refractivity (Wildman–Crippen MR) is 63.6 cm³/mol. The number of nitrogens with zero attached hydrogens (tertiary/aromatic N) is 1. The molecule has 90 valence electrons. The van der Waals surface area contributed by atoms with Crippen molar-refractivity contribution in [1.29, 1.82) is 0 Å². The van der Waals surface area contributed by atoms with E-state index in [0.29, 0.717) is 17.8 Å². The molecule has 0 unspecified atom stereocenters. The number of fused-ring (bicyclic) bond motifs is 1. The summed E-state index contributed by atoms with van der Waals surface area (Å²) in [6.07, 6.45) is 0.625. The van der Waals surface area contributed by atoms with Crippen LogP contribution in [-0.4, -0.2) is 4.98 Å². The topological polar surface area (TPSA) is 50.9 Å². The van der Waals surface area contributed by atoms with Gasteiger partial charge < -0.3 is 5.43 Å². The molecule has 0 atom stereocenters. The van der Waals surface area contributed by atoms with Gasteiger partial charge in [-0.2, -0.15) is 0 Å². The van der Waals surface area contributed by atoms with Gasteiger partial charge in [0.2, 0.25) is 0 Å². The van der Waals surface area contributed by atoms with E-state index in [1.165, 1.54) is 6.92 Å². The summed E-state index contributed by atoms with van der Waals surface area (Å²) in [4.78, 5) is 4.09. The Morgan fingerprint density at radius 2 is 2.06 bits per heavy atom. The van der Waals surface area contributed by atoms with Crippen LogP contribution >= 0.6 is 0 Å². The van der Waals surface area contributed by atoms with Crippen LogP contribution < -0.4 is 11.3 Å². The number of nitrogens with one attached hydrogen (secondary N) is 1. The van der Waals surface area contributed by atoms with Crippen molar-refractivity contribution in [2.45, 2.75) is 20.3 Å². The van der Waals surface area contributed by atoms with Gasteiger partial charge in [-0.05, 0) is 31.0 Å². The molecule has 1 aromatic heterocycles. The van der Waals surface area contributed by atoms with E-state index in [1.54, 1.807) is 6.07 Å². The van der Waals surface area contributed by atoms with Crippen molar-refractivity contribution >= 4 is 16.6 Å². The van der Waals surface area contributed by atoms with E-state index in [9.17, 15) is 8.78 Å². The van der Waals surface area contributed by atoms with E-state index in [4.69, 9.17) is 5.84 Å². The number of hydrogen-bond donors (Lipinski definition) is 2. The molecule has 0 radical (unpaired) electrons. The highest BCUT2D eigenvalue weighted by Gasteiger charge is 2.15. The number of hydrazine groups is 1. The molecule has 0 saturated carbocycles. The van der Waals surface area contributed by atoms with Crippen molar-refractivity contribution < 1.29 is 8.78 Å². The molecule has 1 aromatic carbocycles. The smallest absolute Gasteiger partial charge is 0.149 e. The molecule has 0 saturated heterocycles. The van der Waals surface area contributed by atoms with Gasteiger partial charge in [0.25, 0.3) is 0 Å². The first kappa shape index (κ1) is 11.7. The lowest BCUT2D eigenvalue weighted by molar-refractivity contribution is 0.607. The minimum absolute atomic E-state index is 0.0143. The molecule has 2 rings (SSSR count). The van der Waals surface area contributed by atoms with Crippen LogP contribution in [0.25, 0.3) is 10.9 Å². The third-order valence-electron chi connectivity index (χ3n) is 2.73. The Labute approximate surface area is 97.6 Å². The number of halogens is 2. The zero-order valence-electron chi connectivity index (χ0n) is 9.64. The summed E-state index contributed by atoms with van der Waals surface area (Å²) in [6, 6.07) is 2.77. The second-order valence-corrected chi connectivity index (χ2v) is 3.87. The maximum atomic E-state index is 14.0. The summed E-state index contributed by atoms with van der Waals surface area (Å²) in [6.45, 7) is 3.39. The normalized spacial score (nSPS) is 10.9. The van der Waals surface area contributed by atoms with Gasteiger partial charge >= 0.3 is 0 Å². The molecule has 17 heavy (non-hydrogen) atoms. The van der Waals surface area contributed by atoms with Crippen molar-refractivity contribution in [3.8, 4) is 0 Å². The molecule has 0 bridgehead atoms. The lowest BCUT2D eigenvalue weighted by Gasteiger charge is -2.11. The Bertz CT molecular complexity index is 582. The van der Waals surface area contributed by atoms with E-state index < -0.39 is 11.6 Å². The van der Waals surface area contributed by atoms with Gasteiger partial charge in [-0.25, -0.2) is 13.8 Å². The third kappa shape index (κ3) is 1.82. The average Bonchev–Trinajstić information content (AvgIpc) is 2.34. The first-order valence-corrected chi connectivity index (χ1v) is 5.33. The average molecular weight is 237 g/mol. The molecule has 0 aliphatic carbocycles. The molecule has 2 aromatic rings. The first-order valence-electron chi connectivity index (χ1n) is 5.33. The van der Waals surface area contributed by atoms with Crippen molar-refractivity contribution in [2.75, 3.05) is 5.43 Å². The lowest BCUT2D eigenvalue weighted by Crippen LogP contribution is -2.10. The minimum atomic E-state index is -0.536. The number of nitrogen functional groups attached to an aromatic ring is 1. The molecule has 3 N–H and O–H groups in total. The van der Waals surface area contributed by atoms with Crippen LogP contribution in [0.15, 0.2) is 12.1 Å². The first-order chi connectivity index (χ1) is 8.08. The standard InChI is InChI=1S/C12H13F2N3/c1-3-7-5-9(17-15)10-11(14)6(2)4-8(13)12(10)16-7/h4-5H,3,15H2,1-2H3,(H,16,17). The van der Waals surface area contributed by atoms with E-state index in [1.807, 2.05) is 6.92 Å². The molecule has 3 nitrogen and oxygen atoms in total.